The van der Waals surface area contributed by atoms with Gasteiger partial charge in [-0.1, -0.05) is 19.3 Å². The summed E-state index contributed by atoms with van der Waals surface area (Å²) in [5.41, 5.74) is -0.778. The van der Waals surface area contributed by atoms with Crippen molar-refractivity contribution in [2.45, 2.75) is 38.5 Å². The predicted molar refractivity (Wildman–Crippen MR) is 71.7 cm³/mol. The third-order valence-corrected chi connectivity index (χ3v) is 5.06. The number of carbonyl (C=O) groups is 2. The van der Waals surface area contributed by atoms with Gasteiger partial charge in [0.2, 0.25) is 5.91 Å². The van der Waals surface area contributed by atoms with Gasteiger partial charge in [-0.05, 0) is 12.8 Å². The minimum atomic E-state index is -0.778. The molecule has 4 nitrogen and oxygen atoms in total. The quantitative estimate of drug-likeness (QED) is 0.853. The van der Waals surface area contributed by atoms with E-state index in [1.54, 1.807) is 0 Å². The normalized spacial score (nSPS) is 23.7. The first-order valence-corrected chi connectivity index (χ1v) is 7.88. The van der Waals surface area contributed by atoms with Crippen LogP contribution in [-0.4, -0.2) is 46.5 Å². The average molecular weight is 271 g/mol. The van der Waals surface area contributed by atoms with Gasteiger partial charge < -0.3 is 10.0 Å². The molecule has 0 aromatic rings. The SMILES string of the molecule is O=C(CC1(C(=O)O)CCCCC1)N1CCSCC1. The summed E-state index contributed by atoms with van der Waals surface area (Å²) < 4.78 is 0. The summed E-state index contributed by atoms with van der Waals surface area (Å²) in [7, 11) is 0. The van der Waals surface area contributed by atoms with E-state index in [1.807, 2.05) is 16.7 Å². The molecule has 1 aliphatic heterocycles. The number of hydrogen-bond donors (Lipinski definition) is 1. The zero-order valence-corrected chi connectivity index (χ0v) is 11.5. The number of carboxylic acid groups (broad SMARTS) is 1. The van der Waals surface area contributed by atoms with E-state index in [9.17, 15) is 14.7 Å². The van der Waals surface area contributed by atoms with Gasteiger partial charge in [0, 0.05) is 31.0 Å². The highest BCUT2D eigenvalue weighted by Crippen LogP contribution is 2.40. The molecular weight excluding hydrogens is 250 g/mol. The van der Waals surface area contributed by atoms with Crippen LogP contribution < -0.4 is 0 Å². The molecule has 2 rings (SSSR count). The number of rotatable bonds is 3. The van der Waals surface area contributed by atoms with Crippen LogP contribution in [0.4, 0.5) is 0 Å². The Bertz CT molecular complexity index is 320. The first-order valence-electron chi connectivity index (χ1n) is 6.73. The molecule has 1 saturated carbocycles. The van der Waals surface area contributed by atoms with Crippen molar-refractivity contribution in [1.82, 2.24) is 4.90 Å². The van der Waals surface area contributed by atoms with E-state index in [2.05, 4.69) is 0 Å². The molecule has 0 unspecified atom stereocenters. The molecule has 102 valence electrons. The molecule has 2 fully saturated rings. The fourth-order valence-electron chi connectivity index (χ4n) is 2.91. The molecule has 5 heteroatoms. The maximum Gasteiger partial charge on any atom is 0.310 e. The molecule has 0 radical (unpaired) electrons. The predicted octanol–water partition coefficient (Wildman–Crippen LogP) is 1.99. The molecule has 18 heavy (non-hydrogen) atoms. The lowest BCUT2D eigenvalue weighted by Crippen LogP contribution is -2.43. The molecule has 0 spiro atoms. The lowest BCUT2D eigenvalue weighted by molar-refractivity contribution is -0.156. The van der Waals surface area contributed by atoms with E-state index in [4.69, 9.17) is 0 Å². The molecule has 1 heterocycles. The molecule has 1 N–H and O–H groups in total. The summed E-state index contributed by atoms with van der Waals surface area (Å²) in [6.45, 7) is 1.55. The second-order valence-corrected chi connectivity index (χ2v) is 6.54. The number of amides is 1. The number of carbonyl (C=O) groups excluding carboxylic acids is 1. The fourth-order valence-corrected chi connectivity index (χ4v) is 3.81. The van der Waals surface area contributed by atoms with Gasteiger partial charge in [-0.25, -0.2) is 0 Å². The standard InChI is InChI=1S/C13H21NO3S/c15-11(14-6-8-18-9-7-14)10-13(12(16)17)4-2-1-3-5-13/h1-10H2,(H,16,17). The lowest BCUT2D eigenvalue weighted by atomic mass is 9.71. The smallest absolute Gasteiger partial charge is 0.310 e. The number of hydrogen-bond acceptors (Lipinski definition) is 3. The summed E-state index contributed by atoms with van der Waals surface area (Å²) in [5, 5.41) is 9.46. The van der Waals surface area contributed by atoms with Crippen molar-refractivity contribution in [3.8, 4) is 0 Å². The van der Waals surface area contributed by atoms with Crippen molar-refractivity contribution < 1.29 is 14.7 Å². The third kappa shape index (κ3) is 2.99. The Morgan fingerprint density at radius 2 is 1.72 bits per heavy atom. The average Bonchev–Trinajstić information content (AvgIpc) is 2.40. The molecule has 0 aromatic carbocycles. The van der Waals surface area contributed by atoms with Gasteiger partial charge in [0.05, 0.1) is 5.41 Å². The molecule has 1 aliphatic carbocycles. The van der Waals surface area contributed by atoms with Crippen LogP contribution in [0.15, 0.2) is 0 Å². The largest absolute Gasteiger partial charge is 0.481 e. The monoisotopic (exact) mass is 271 g/mol. The van der Waals surface area contributed by atoms with Crippen LogP contribution in [0, 0.1) is 5.41 Å². The third-order valence-electron chi connectivity index (χ3n) is 4.12. The number of carboxylic acids is 1. The zero-order valence-electron chi connectivity index (χ0n) is 10.7. The Morgan fingerprint density at radius 3 is 2.28 bits per heavy atom. The van der Waals surface area contributed by atoms with Gasteiger partial charge >= 0.3 is 5.97 Å². The van der Waals surface area contributed by atoms with Crippen LogP contribution in [0.2, 0.25) is 0 Å². The highest BCUT2D eigenvalue weighted by atomic mass is 32.2. The number of thioether (sulfide) groups is 1. The molecule has 1 amide bonds. The number of aliphatic carboxylic acids is 1. The Kier molecular flexibility index (Phi) is 4.54. The molecule has 1 saturated heterocycles. The van der Waals surface area contributed by atoms with E-state index >= 15 is 0 Å². The summed E-state index contributed by atoms with van der Waals surface area (Å²) in [6.07, 6.45) is 4.51. The summed E-state index contributed by atoms with van der Waals surface area (Å²) in [5.74, 6) is 1.22. The number of nitrogens with zero attached hydrogens (tertiary/aromatic N) is 1. The summed E-state index contributed by atoms with van der Waals surface area (Å²) in [6, 6.07) is 0. The van der Waals surface area contributed by atoms with E-state index in [1.165, 1.54) is 0 Å². The summed E-state index contributed by atoms with van der Waals surface area (Å²) in [4.78, 5) is 25.6. The van der Waals surface area contributed by atoms with Gasteiger partial charge in [0.1, 0.15) is 0 Å². The van der Waals surface area contributed by atoms with Crippen molar-refractivity contribution in [1.29, 1.82) is 0 Å². The van der Waals surface area contributed by atoms with E-state index in [0.717, 1.165) is 43.9 Å². The fraction of sp³-hybridized carbons (Fsp3) is 0.846. The minimum absolute atomic E-state index is 0.0413. The topological polar surface area (TPSA) is 57.6 Å². The van der Waals surface area contributed by atoms with Crippen LogP contribution in [-0.2, 0) is 9.59 Å². The highest BCUT2D eigenvalue weighted by Gasteiger charge is 2.42. The first kappa shape index (κ1) is 13.7. The Morgan fingerprint density at radius 1 is 1.11 bits per heavy atom. The second kappa shape index (κ2) is 5.95. The Hall–Kier alpha value is -0.710. The molecule has 0 bridgehead atoms. The van der Waals surface area contributed by atoms with E-state index in [-0.39, 0.29) is 12.3 Å². The summed E-state index contributed by atoms with van der Waals surface area (Å²) >= 11 is 1.86. The minimum Gasteiger partial charge on any atom is -0.481 e. The maximum atomic E-state index is 12.2. The van der Waals surface area contributed by atoms with Gasteiger partial charge in [0.25, 0.3) is 0 Å². The van der Waals surface area contributed by atoms with Crippen molar-refractivity contribution in [2.75, 3.05) is 24.6 Å². The molecular formula is C13H21NO3S. The Labute approximate surface area is 112 Å². The van der Waals surface area contributed by atoms with Crippen molar-refractivity contribution >= 4 is 23.6 Å². The lowest BCUT2D eigenvalue weighted by Gasteiger charge is -2.35. The molecule has 0 atom stereocenters. The van der Waals surface area contributed by atoms with Crippen LogP contribution in [0.5, 0.6) is 0 Å². The van der Waals surface area contributed by atoms with E-state index in [0.29, 0.717) is 12.8 Å². The van der Waals surface area contributed by atoms with Crippen LogP contribution in [0.1, 0.15) is 38.5 Å². The molecule has 0 aromatic heterocycles. The Balaban J connectivity index is 1.99. The van der Waals surface area contributed by atoms with Crippen LogP contribution in [0.3, 0.4) is 0 Å². The van der Waals surface area contributed by atoms with Crippen molar-refractivity contribution in [3.63, 3.8) is 0 Å². The van der Waals surface area contributed by atoms with Gasteiger partial charge in [-0.15, -0.1) is 0 Å². The van der Waals surface area contributed by atoms with Crippen LogP contribution in [0.25, 0.3) is 0 Å². The van der Waals surface area contributed by atoms with Crippen molar-refractivity contribution in [2.24, 2.45) is 5.41 Å². The first-order chi connectivity index (χ1) is 8.64. The van der Waals surface area contributed by atoms with Gasteiger partial charge in [-0.3, -0.25) is 9.59 Å². The second-order valence-electron chi connectivity index (χ2n) is 5.32. The van der Waals surface area contributed by atoms with Gasteiger partial charge in [-0.2, -0.15) is 11.8 Å². The maximum absolute atomic E-state index is 12.2. The molecule has 2 aliphatic rings. The highest BCUT2D eigenvalue weighted by molar-refractivity contribution is 7.99. The van der Waals surface area contributed by atoms with Gasteiger partial charge in [0.15, 0.2) is 0 Å². The van der Waals surface area contributed by atoms with Crippen LogP contribution >= 0.6 is 11.8 Å². The van der Waals surface area contributed by atoms with E-state index < -0.39 is 11.4 Å². The van der Waals surface area contributed by atoms with Crippen molar-refractivity contribution in [3.05, 3.63) is 0 Å². The zero-order chi connectivity index (χ0) is 13.0.